The number of carbonyl (C=O) groups is 1. The zero-order valence-electron chi connectivity index (χ0n) is 13.4. The third-order valence-corrected chi connectivity index (χ3v) is 3.55. The van der Waals surface area contributed by atoms with Crippen molar-refractivity contribution in [3.63, 3.8) is 0 Å². The number of rotatable bonds is 5. The van der Waals surface area contributed by atoms with Gasteiger partial charge in [0, 0.05) is 23.4 Å². The van der Waals surface area contributed by atoms with Crippen LogP contribution >= 0.6 is 0 Å². The highest BCUT2D eigenvalue weighted by atomic mass is 16.6. The molecule has 1 amide bonds. The summed E-state index contributed by atoms with van der Waals surface area (Å²) in [6, 6.07) is 13.5. The molecule has 2 aromatic carbocycles. The van der Waals surface area contributed by atoms with Crippen molar-refractivity contribution in [2.75, 3.05) is 5.32 Å². The van der Waals surface area contributed by atoms with Crippen molar-refractivity contribution in [1.82, 2.24) is 15.0 Å². The van der Waals surface area contributed by atoms with E-state index < -0.39 is 4.92 Å². The Morgan fingerprint density at radius 3 is 2.48 bits per heavy atom. The monoisotopic (exact) mass is 337 g/mol. The van der Waals surface area contributed by atoms with E-state index in [9.17, 15) is 14.9 Å². The van der Waals surface area contributed by atoms with Gasteiger partial charge in [0.2, 0.25) is 5.91 Å². The molecule has 0 bridgehead atoms. The van der Waals surface area contributed by atoms with Gasteiger partial charge < -0.3 is 5.32 Å². The number of amides is 1. The molecule has 0 atom stereocenters. The van der Waals surface area contributed by atoms with Gasteiger partial charge in [0.15, 0.2) is 0 Å². The Labute approximate surface area is 143 Å². The molecule has 0 aliphatic carbocycles. The van der Waals surface area contributed by atoms with Gasteiger partial charge in [0.1, 0.15) is 12.2 Å². The minimum Gasteiger partial charge on any atom is -0.324 e. The summed E-state index contributed by atoms with van der Waals surface area (Å²) in [5.41, 5.74) is 3.21. The number of non-ortho nitro benzene ring substituents is 1. The topological polar surface area (TPSA) is 103 Å². The summed E-state index contributed by atoms with van der Waals surface area (Å²) in [6.07, 6.45) is 1.69. The van der Waals surface area contributed by atoms with Crippen molar-refractivity contribution in [2.45, 2.75) is 13.5 Å². The van der Waals surface area contributed by atoms with E-state index >= 15 is 0 Å². The van der Waals surface area contributed by atoms with Gasteiger partial charge in [-0.15, -0.1) is 5.10 Å². The lowest BCUT2D eigenvalue weighted by Gasteiger charge is -2.04. The molecule has 1 N–H and O–H groups in total. The molecule has 0 unspecified atom stereocenters. The van der Waals surface area contributed by atoms with Gasteiger partial charge in [-0.05, 0) is 19.1 Å². The maximum Gasteiger partial charge on any atom is 0.269 e. The third-order valence-electron chi connectivity index (χ3n) is 3.55. The summed E-state index contributed by atoms with van der Waals surface area (Å²) in [7, 11) is 0. The Bertz CT molecular complexity index is 901. The van der Waals surface area contributed by atoms with E-state index in [1.807, 2.05) is 31.2 Å². The van der Waals surface area contributed by atoms with Crippen molar-refractivity contribution >= 4 is 17.3 Å². The van der Waals surface area contributed by atoms with E-state index in [4.69, 9.17) is 0 Å². The number of aryl methyl sites for hydroxylation is 1. The molecular formula is C17H15N5O3. The van der Waals surface area contributed by atoms with Crippen LogP contribution in [0.1, 0.15) is 5.56 Å². The van der Waals surface area contributed by atoms with Crippen molar-refractivity contribution in [3.05, 3.63) is 70.4 Å². The Hall–Kier alpha value is -3.55. The van der Waals surface area contributed by atoms with E-state index in [-0.39, 0.29) is 18.1 Å². The smallest absolute Gasteiger partial charge is 0.269 e. The minimum atomic E-state index is -0.492. The highest BCUT2D eigenvalue weighted by Crippen LogP contribution is 2.17. The van der Waals surface area contributed by atoms with Crippen LogP contribution in [0.2, 0.25) is 0 Å². The van der Waals surface area contributed by atoms with Gasteiger partial charge in [-0.3, -0.25) is 14.9 Å². The number of carbonyl (C=O) groups excluding carboxylic acids is 1. The van der Waals surface area contributed by atoms with Crippen LogP contribution in [0.25, 0.3) is 11.3 Å². The molecule has 0 saturated carbocycles. The maximum absolute atomic E-state index is 12.1. The number of hydrogen-bond donors (Lipinski definition) is 1. The molecule has 0 aliphatic heterocycles. The predicted octanol–water partition coefficient (Wildman–Crippen LogP) is 2.80. The molecule has 25 heavy (non-hydrogen) atoms. The van der Waals surface area contributed by atoms with Crippen LogP contribution in [0.5, 0.6) is 0 Å². The van der Waals surface area contributed by atoms with Gasteiger partial charge in [0.05, 0.1) is 11.1 Å². The first-order valence-electron chi connectivity index (χ1n) is 7.53. The second kappa shape index (κ2) is 6.91. The Balaban J connectivity index is 1.63. The van der Waals surface area contributed by atoms with Crippen molar-refractivity contribution in [2.24, 2.45) is 0 Å². The number of nitrogens with one attached hydrogen (secondary N) is 1. The number of nitrogens with zero attached hydrogens (tertiary/aromatic N) is 4. The predicted molar refractivity (Wildman–Crippen MR) is 91.9 cm³/mol. The second-order valence-corrected chi connectivity index (χ2v) is 5.52. The van der Waals surface area contributed by atoms with E-state index in [2.05, 4.69) is 15.6 Å². The molecule has 3 rings (SSSR count). The summed E-state index contributed by atoms with van der Waals surface area (Å²) in [6.45, 7) is 2.00. The van der Waals surface area contributed by atoms with E-state index in [0.29, 0.717) is 11.4 Å². The summed E-state index contributed by atoms with van der Waals surface area (Å²) >= 11 is 0. The zero-order chi connectivity index (χ0) is 17.8. The summed E-state index contributed by atoms with van der Waals surface area (Å²) in [4.78, 5) is 22.2. The first-order chi connectivity index (χ1) is 12.0. The van der Waals surface area contributed by atoms with Gasteiger partial charge in [-0.2, -0.15) is 0 Å². The van der Waals surface area contributed by atoms with Gasteiger partial charge in [-0.25, -0.2) is 4.68 Å². The highest BCUT2D eigenvalue weighted by Gasteiger charge is 2.09. The van der Waals surface area contributed by atoms with Crippen LogP contribution in [0, 0.1) is 17.0 Å². The fourth-order valence-electron chi connectivity index (χ4n) is 2.25. The van der Waals surface area contributed by atoms with Gasteiger partial charge >= 0.3 is 0 Å². The zero-order valence-corrected chi connectivity index (χ0v) is 13.4. The lowest BCUT2D eigenvalue weighted by atomic mass is 10.1. The van der Waals surface area contributed by atoms with Gasteiger partial charge in [0.25, 0.3) is 5.69 Å². The summed E-state index contributed by atoms with van der Waals surface area (Å²) in [5, 5.41) is 21.3. The SMILES string of the molecule is Cc1ccc(-c2cn(CC(=O)Nc3ccc([N+](=O)[O-])cc3)nn2)cc1. The molecule has 3 aromatic rings. The summed E-state index contributed by atoms with van der Waals surface area (Å²) < 4.78 is 1.44. The van der Waals surface area contributed by atoms with E-state index in [1.165, 1.54) is 28.9 Å². The lowest BCUT2D eigenvalue weighted by molar-refractivity contribution is -0.384. The number of aromatic nitrogens is 3. The molecule has 1 heterocycles. The number of nitro groups is 1. The number of hydrogen-bond acceptors (Lipinski definition) is 5. The van der Waals surface area contributed by atoms with Crippen LogP contribution in [0.4, 0.5) is 11.4 Å². The molecular weight excluding hydrogens is 322 g/mol. The van der Waals surface area contributed by atoms with E-state index in [1.54, 1.807) is 6.20 Å². The van der Waals surface area contributed by atoms with Crippen molar-refractivity contribution in [3.8, 4) is 11.3 Å². The van der Waals surface area contributed by atoms with Crippen LogP contribution in [0.15, 0.2) is 54.7 Å². The van der Waals surface area contributed by atoms with Crippen LogP contribution in [0.3, 0.4) is 0 Å². The number of nitro benzene ring substituents is 1. The van der Waals surface area contributed by atoms with Crippen molar-refractivity contribution < 1.29 is 9.72 Å². The molecule has 0 aliphatic rings. The van der Waals surface area contributed by atoms with E-state index in [0.717, 1.165) is 11.1 Å². The molecule has 8 heteroatoms. The summed E-state index contributed by atoms with van der Waals surface area (Å²) in [5.74, 6) is -0.297. The number of benzene rings is 2. The van der Waals surface area contributed by atoms with Crippen LogP contribution in [-0.4, -0.2) is 25.8 Å². The maximum atomic E-state index is 12.1. The molecule has 1 aromatic heterocycles. The molecule has 0 saturated heterocycles. The normalized spacial score (nSPS) is 10.4. The molecule has 8 nitrogen and oxygen atoms in total. The molecule has 0 radical (unpaired) electrons. The quantitative estimate of drug-likeness (QED) is 0.569. The fraction of sp³-hybridized carbons (Fsp3) is 0.118. The van der Waals surface area contributed by atoms with Crippen molar-refractivity contribution in [1.29, 1.82) is 0 Å². The average molecular weight is 337 g/mol. The first kappa shape index (κ1) is 16.3. The van der Waals surface area contributed by atoms with Crippen LogP contribution < -0.4 is 5.32 Å². The Kier molecular flexibility index (Phi) is 4.51. The molecule has 126 valence electrons. The molecule has 0 fully saturated rings. The standard InChI is InChI=1S/C17H15N5O3/c1-12-2-4-13(5-3-12)16-10-21(20-19-16)11-17(23)18-14-6-8-15(9-7-14)22(24)25/h2-10H,11H2,1H3,(H,18,23). The number of anilines is 1. The highest BCUT2D eigenvalue weighted by molar-refractivity contribution is 5.90. The average Bonchev–Trinajstić information content (AvgIpc) is 3.04. The molecule has 0 spiro atoms. The minimum absolute atomic E-state index is 0.00412. The first-order valence-corrected chi connectivity index (χ1v) is 7.53. The Morgan fingerprint density at radius 2 is 1.84 bits per heavy atom. The Morgan fingerprint density at radius 1 is 1.16 bits per heavy atom. The third kappa shape index (κ3) is 4.05. The second-order valence-electron chi connectivity index (χ2n) is 5.52. The largest absolute Gasteiger partial charge is 0.324 e. The van der Waals surface area contributed by atoms with Gasteiger partial charge in [-0.1, -0.05) is 35.0 Å². The lowest BCUT2D eigenvalue weighted by Crippen LogP contribution is -2.19. The fourth-order valence-corrected chi connectivity index (χ4v) is 2.25. The van der Waals surface area contributed by atoms with Crippen LogP contribution in [-0.2, 0) is 11.3 Å².